The topological polar surface area (TPSA) is 20.2 Å². The van der Waals surface area contributed by atoms with Gasteiger partial charge in [0.25, 0.3) is 0 Å². The number of rotatable bonds is 1. The molecule has 39 valence electrons. The third kappa shape index (κ3) is 18.6. The average Bonchev–Trinajstić information content (AvgIpc) is 1.73. The lowest BCUT2D eigenvalue weighted by atomic mass is 10.2. The minimum atomic E-state index is 0.306. The molecule has 0 heterocycles. The molecule has 0 bridgehead atoms. The van der Waals surface area contributed by atoms with Crippen molar-refractivity contribution in [1.29, 1.82) is 0 Å². The third-order valence-electron chi connectivity index (χ3n) is 0.365. The molecule has 0 aliphatic heterocycles. The van der Waals surface area contributed by atoms with E-state index >= 15 is 0 Å². The maximum Gasteiger partial charge on any atom is 1.49 e. The molecular formula is C4H10IMgO+2. The van der Waals surface area contributed by atoms with Crippen LogP contribution in [0.25, 0.3) is 0 Å². The van der Waals surface area contributed by atoms with Crippen LogP contribution in [-0.2, 0) is 0 Å². The van der Waals surface area contributed by atoms with E-state index in [0.717, 1.165) is 0 Å². The van der Waals surface area contributed by atoms with Gasteiger partial charge in [-0.25, -0.2) is 0 Å². The first-order valence-corrected chi connectivity index (χ1v) is 7.26. The second-order valence-electron chi connectivity index (χ2n) is 1.58. The van der Waals surface area contributed by atoms with Crippen LogP contribution in [0, 0.1) is 5.92 Å². The van der Waals surface area contributed by atoms with E-state index in [2.05, 4.69) is 18.9 Å². The molecule has 0 aromatic rings. The third-order valence-corrected chi connectivity index (χ3v) is 0.365. The molecule has 0 fully saturated rings. The number of aliphatic hydroxyl groups excluding tert-OH is 1. The van der Waals surface area contributed by atoms with Gasteiger partial charge in [0, 0.05) is 6.61 Å². The maximum atomic E-state index is 8.14. The molecule has 0 aromatic heterocycles. The molecule has 0 saturated heterocycles. The molecule has 1 nitrogen and oxygen atoms in total. The summed E-state index contributed by atoms with van der Waals surface area (Å²) in [6, 6.07) is 0. The maximum absolute atomic E-state index is 8.14. The van der Waals surface area contributed by atoms with Crippen LogP contribution in [0.1, 0.15) is 13.8 Å². The Morgan fingerprint density at radius 3 is 1.71 bits per heavy atom. The van der Waals surface area contributed by atoms with E-state index in [1.807, 2.05) is 31.7 Å². The number of hydrogen-bond donors (Lipinski definition) is 1. The van der Waals surface area contributed by atoms with E-state index in [-0.39, 0.29) is 0 Å². The highest BCUT2D eigenvalue weighted by atomic mass is 127. The van der Waals surface area contributed by atoms with Crippen LogP contribution in [0.4, 0.5) is 0 Å². The molecule has 0 atom stereocenters. The zero-order valence-corrected chi connectivity index (χ0v) is 8.39. The molecule has 0 saturated carbocycles. The second kappa shape index (κ2) is 10.4. The second-order valence-corrected chi connectivity index (χ2v) is 1.58. The highest BCUT2D eigenvalue weighted by Gasteiger charge is 2.12. The predicted molar refractivity (Wildman–Crippen MR) is 41.7 cm³/mol. The Morgan fingerprint density at radius 2 is 1.71 bits per heavy atom. The Morgan fingerprint density at radius 1 is 1.57 bits per heavy atom. The highest BCUT2D eigenvalue weighted by Crippen LogP contribution is 1.83. The Hall–Kier alpha value is 1.46. The Bertz CT molecular complexity index is 25.7. The van der Waals surface area contributed by atoms with Crippen molar-refractivity contribution in [2.45, 2.75) is 13.8 Å². The summed E-state index contributed by atoms with van der Waals surface area (Å²) >= 11 is 4.01. The summed E-state index contributed by atoms with van der Waals surface area (Å²) in [4.78, 5) is 0. The number of halogens is 1. The molecule has 0 aliphatic carbocycles. The summed E-state index contributed by atoms with van der Waals surface area (Å²) < 4.78 is 0. The molecule has 0 spiro atoms. The van der Waals surface area contributed by atoms with Crippen molar-refractivity contribution in [2.24, 2.45) is 5.92 Å². The number of aliphatic hydroxyl groups is 1. The van der Waals surface area contributed by atoms with Gasteiger partial charge in [0.2, 0.25) is 0 Å². The van der Waals surface area contributed by atoms with Crippen molar-refractivity contribution in [3.8, 4) is 0 Å². The van der Waals surface area contributed by atoms with Gasteiger partial charge in [0.05, 0.1) is 0 Å². The van der Waals surface area contributed by atoms with Gasteiger partial charge < -0.3 is 5.11 Å². The fourth-order valence-electron chi connectivity index (χ4n) is 0. The minimum absolute atomic E-state index is 0.306. The van der Waals surface area contributed by atoms with Crippen LogP contribution < -0.4 is 0 Å². The van der Waals surface area contributed by atoms with Crippen LogP contribution in [0.15, 0.2) is 0 Å². The van der Waals surface area contributed by atoms with E-state index in [4.69, 9.17) is 5.11 Å². The van der Waals surface area contributed by atoms with E-state index < -0.39 is 0 Å². The molecule has 1 N–H and O–H groups in total. The lowest BCUT2D eigenvalue weighted by molar-refractivity contribution is 0.248. The highest BCUT2D eigenvalue weighted by molar-refractivity contribution is 14.1. The van der Waals surface area contributed by atoms with Gasteiger partial charge in [0.15, 0.2) is 0 Å². The lowest BCUT2D eigenvalue weighted by Crippen LogP contribution is -1.90. The van der Waals surface area contributed by atoms with Gasteiger partial charge in [-0.2, -0.15) is 0 Å². The quantitative estimate of drug-likeness (QED) is 0.524. The first-order valence-electron chi connectivity index (χ1n) is 2.15. The normalized spacial score (nSPS) is 7.71. The average molecular weight is 225 g/mol. The first kappa shape index (κ1) is 11.3. The summed E-state index contributed by atoms with van der Waals surface area (Å²) in [5.74, 6) is 0.440. The lowest BCUT2D eigenvalue weighted by Gasteiger charge is -1.90. The Kier molecular flexibility index (Phi) is 16.8. The Balaban J connectivity index is 0. The van der Waals surface area contributed by atoms with Gasteiger partial charge in [-0.3, -0.25) is 0 Å². The van der Waals surface area contributed by atoms with Gasteiger partial charge in [0.1, 0.15) is 0 Å². The molecular weight excluding hydrogens is 215 g/mol. The van der Waals surface area contributed by atoms with Crippen molar-refractivity contribution in [1.82, 2.24) is 0 Å². The summed E-state index contributed by atoms with van der Waals surface area (Å²) in [6.45, 7) is 4.25. The summed E-state index contributed by atoms with van der Waals surface area (Å²) in [5, 5.41) is 8.14. The molecule has 0 rings (SSSR count). The molecule has 0 amide bonds. The zero-order valence-electron chi connectivity index (χ0n) is 4.82. The summed E-state index contributed by atoms with van der Waals surface area (Å²) in [5.41, 5.74) is 0. The van der Waals surface area contributed by atoms with Gasteiger partial charge in [-0.15, -0.1) is 0 Å². The molecule has 0 aliphatic rings. The van der Waals surface area contributed by atoms with Crippen LogP contribution in [0.5, 0.6) is 0 Å². The van der Waals surface area contributed by atoms with E-state index in [1.165, 1.54) is 0 Å². The van der Waals surface area contributed by atoms with Crippen molar-refractivity contribution in [3.63, 3.8) is 0 Å². The van der Waals surface area contributed by atoms with Gasteiger partial charge in [-0.1, -0.05) is 13.8 Å². The minimum Gasteiger partial charge on any atom is -0.396 e. The first-order chi connectivity index (χ1) is 3.27. The molecule has 7 radical (unpaired) electrons. The van der Waals surface area contributed by atoms with Crippen molar-refractivity contribution in [3.05, 3.63) is 0 Å². The van der Waals surface area contributed by atoms with Crippen molar-refractivity contribution < 1.29 is 5.11 Å². The van der Waals surface area contributed by atoms with E-state index in [1.54, 1.807) is 0 Å². The van der Waals surface area contributed by atoms with Gasteiger partial charge in [-0.05, 0) is 5.92 Å². The molecule has 0 unspecified atom stereocenters. The molecule has 3 heteroatoms. The Labute approximate surface area is 67.7 Å². The van der Waals surface area contributed by atoms with Crippen LogP contribution in [-0.4, -0.2) is 29.5 Å². The van der Waals surface area contributed by atoms with E-state index in [9.17, 15) is 0 Å². The summed E-state index contributed by atoms with van der Waals surface area (Å²) in [7, 11) is 0. The molecule has 0 aromatic carbocycles. The van der Waals surface area contributed by atoms with Crippen LogP contribution >= 0.6 is 18.9 Å². The standard InChI is InChI=1S/C4H10O.HI.Mg/c1-4(2)3-5;;/h4-5H,3H2,1-2H3;1H;/q;;+3/p-1. The fraction of sp³-hybridized carbons (Fsp3) is 1.00. The summed E-state index contributed by atoms with van der Waals surface area (Å²) in [6.07, 6.45) is 0. The number of hydrogen-bond acceptors (Lipinski definition) is 1. The van der Waals surface area contributed by atoms with Crippen LogP contribution in [0.2, 0.25) is 0 Å². The zero-order chi connectivity index (χ0) is 6.28. The van der Waals surface area contributed by atoms with Crippen molar-refractivity contribution in [2.75, 3.05) is 6.61 Å². The molecule has 7 heavy (non-hydrogen) atoms. The fourth-order valence-corrected chi connectivity index (χ4v) is 0. The van der Waals surface area contributed by atoms with E-state index in [0.29, 0.717) is 12.5 Å². The van der Waals surface area contributed by atoms with Gasteiger partial charge >= 0.3 is 36.7 Å². The van der Waals surface area contributed by atoms with Crippen molar-refractivity contribution >= 4 is 36.7 Å². The SMILES string of the molecule is CC(C)CO.[Mg+2][I]. The smallest absolute Gasteiger partial charge is 0.396 e. The van der Waals surface area contributed by atoms with Crippen LogP contribution in [0.3, 0.4) is 0 Å². The largest absolute Gasteiger partial charge is 1.49 e. The predicted octanol–water partition coefficient (Wildman–Crippen LogP) is 1.14. The monoisotopic (exact) mass is 225 g/mol.